The molecule has 0 radical (unpaired) electrons. The van der Waals surface area contributed by atoms with Gasteiger partial charge in [0.25, 0.3) is 0 Å². The molecule has 0 bridgehead atoms. The van der Waals surface area contributed by atoms with E-state index in [1.165, 1.54) is 48.5 Å². The van der Waals surface area contributed by atoms with Crippen molar-refractivity contribution in [2.45, 2.75) is 166 Å². The van der Waals surface area contributed by atoms with Crippen molar-refractivity contribution in [3.05, 3.63) is 97.1 Å². The summed E-state index contributed by atoms with van der Waals surface area (Å²) < 4.78 is 32.0. The van der Waals surface area contributed by atoms with Crippen molar-refractivity contribution in [2.75, 3.05) is 0 Å². The van der Waals surface area contributed by atoms with Crippen molar-refractivity contribution >= 4 is 41.8 Å². The van der Waals surface area contributed by atoms with Crippen molar-refractivity contribution in [1.82, 2.24) is 0 Å². The Morgan fingerprint density at radius 3 is 0.697 bits per heavy atom. The molecule has 0 unspecified atom stereocenters. The summed E-state index contributed by atoms with van der Waals surface area (Å²) in [6.45, 7) is 21.6. The number of phenols is 2. The van der Waals surface area contributed by atoms with Gasteiger partial charge in [-0.15, -0.1) is 0 Å². The summed E-state index contributed by atoms with van der Waals surface area (Å²) in [6.07, 6.45) is 7.47. The van der Waals surface area contributed by atoms with E-state index in [4.69, 9.17) is 33.5 Å². The molecule has 2 aliphatic carbocycles. The Labute approximate surface area is 450 Å². The van der Waals surface area contributed by atoms with E-state index < -0.39 is 5.97 Å². The summed E-state index contributed by atoms with van der Waals surface area (Å²) in [5.41, 5.74) is 0. The molecule has 16 heteroatoms. The van der Waals surface area contributed by atoms with Crippen molar-refractivity contribution in [3.8, 4) is 46.0 Å². The largest absolute Gasteiger partial charge is 0.508 e. The van der Waals surface area contributed by atoms with Crippen LogP contribution in [0.5, 0.6) is 46.0 Å². The van der Waals surface area contributed by atoms with Gasteiger partial charge < -0.3 is 43.7 Å². The molecule has 6 rings (SSSR count). The molecular weight excluding hydrogens is 977 g/mol. The van der Waals surface area contributed by atoms with Crippen LogP contribution in [0, 0.1) is 23.7 Å². The van der Waals surface area contributed by atoms with Gasteiger partial charge in [0.1, 0.15) is 46.0 Å². The number of hydrogen-bond acceptors (Lipinski definition) is 15. The number of carboxylic acid groups (broad SMARTS) is 1. The van der Waals surface area contributed by atoms with Gasteiger partial charge in [-0.2, -0.15) is 0 Å². The molecule has 4 aromatic rings. The van der Waals surface area contributed by atoms with Gasteiger partial charge in [0, 0.05) is 19.3 Å². The Bertz CT molecular complexity index is 2090. The number of benzene rings is 4. The Morgan fingerprint density at radius 2 is 0.526 bits per heavy atom. The van der Waals surface area contributed by atoms with Crippen LogP contribution >= 0.6 is 0 Å². The fraction of sp³-hybridized carbons (Fsp3) is 0.483. The molecule has 3 N–H and O–H groups in total. The first-order valence-electron chi connectivity index (χ1n) is 26.9. The second-order valence-electron chi connectivity index (χ2n) is 16.3. The standard InChI is InChI=1S/C28H32O8.C20H20O6.C4H8O2.4C2H6/c1-3-5-25(29)33-21-11-15-23(16-12-21)35-27(31)19-7-9-20(10-8-19)28(32)36-24-17-13-22(14-18-24)34-26(30)6-4-2;21-15-5-9-17(10-6-15)25-19(23)13-1-2-14(4-3-13)20(24)26-18-11-7-16(22)8-12-18;1-2-3-4(5)6;4*1-2/h11-20H,3-10H2,1-2H3;5-14,21-22H,1-4H2;2-3H2,1H3,(H,5,6);4*1-2H3. The first-order chi connectivity index (χ1) is 36.6. The summed E-state index contributed by atoms with van der Waals surface area (Å²) in [4.78, 5) is 82.3. The number of carbonyl (C=O) groups excluding carboxylic acids is 6. The third-order valence-corrected chi connectivity index (χ3v) is 10.8. The molecule has 2 aliphatic rings. The molecule has 2 fully saturated rings. The number of rotatable bonds is 16. The minimum Gasteiger partial charge on any atom is -0.508 e. The summed E-state index contributed by atoms with van der Waals surface area (Å²) in [6, 6.07) is 24.7. The number of hydrogen-bond donors (Lipinski definition) is 3. The third-order valence-electron chi connectivity index (χ3n) is 10.8. The normalized spacial score (nSPS) is 15.7. The van der Waals surface area contributed by atoms with Gasteiger partial charge in [0.2, 0.25) is 0 Å². The first-order valence-corrected chi connectivity index (χ1v) is 26.9. The summed E-state index contributed by atoms with van der Waals surface area (Å²) in [7, 11) is 0. The Kier molecular flexibility index (Phi) is 37.2. The maximum Gasteiger partial charge on any atom is 0.314 e. The topological polar surface area (TPSA) is 236 Å². The van der Waals surface area contributed by atoms with Crippen LogP contribution < -0.4 is 28.4 Å². The molecule has 0 amide bonds. The summed E-state index contributed by atoms with van der Waals surface area (Å²) in [5, 5.41) is 26.4. The molecule has 0 aromatic heterocycles. The number of aromatic hydroxyl groups is 2. The van der Waals surface area contributed by atoms with E-state index in [1.54, 1.807) is 48.5 Å². The third kappa shape index (κ3) is 27.9. The van der Waals surface area contributed by atoms with Gasteiger partial charge in [0.05, 0.1) is 23.7 Å². The van der Waals surface area contributed by atoms with Crippen LogP contribution in [0.4, 0.5) is 0 Å². The lowest BCUT2D eigenvalue weighted by Gasteiger charge is -2.25. The molecular formula is C60H84O16. The van der Waals surface area contributed by atoms with E-state index in [-0.39, 0.29) is 71.0 Å². The second-order valence-corrected chi connectivity index (χ2v) is 16.3. The van der Waals surface area contributed by atoms with Crippen molar-refractivity contribution in [3.63, 3.8) is 0 Å². The molecule has 0 spiro atoms. The van der Waals surface area contributed by atoms with Gasteiger partial charge in [0.15, 0.2) is 0 Å². The molecule has 4 aromatic carbocycles. The number of aliphatic carboxylic acids is 1. The molecule has 0 saturated heterocycles. The van der Waals surface area contributed by atoms with E-state index in [1.807, 2.05) is 76.2 Å². The first kappa shape index (κ1) is 68.8. The molecule has 420 valence electrons. The van der Waals surface area contributed by atoms with E-state index in [9.17, 15) is 43.8 Å². The van der Waals surface area contributed by atoms with E-state index >= 15 is 0 Å². The van der Waals surface area contributed by atoms with Gasteiger partial charge in [-0.1, -0.05) is 76.2 Å². The average Bonchev–Trinajstić information content (AvgIpc) is 3.44. The summed E-state index contributed by atoms with van der Waals surface area (Å²) >= 11 is 0. The maximum atomic E-state index is 12.6. The zero-order valence-corrected chi connectivity index (χ0v) is 46.6. The van der Waals surface area contributed by atoms with Crippen LogP contribution in [-0.2, 0) is 33.6 Å². The van der Waals surface area contributed by atoms with Crippen LogP contribution in [0.2, 0.25) is 0 Å². The maximum absolute atomic E-state index is 12.6. The Hall–Kier alpha value is -7.23. The van der Waals surface area contributed by atoms with Crippen molar-refractivity contribution in [1.29, 1.82) is 0 Å². The highest BCUT2D eigenvalue weighted by Crippen LogP contribution is 2.33. The van der Waals surface area contributed by atoms with Gasteiger partial charge >= 0.3 is 41.8 Å². The highest BCUT2D eigenvalue weighted by Gasteiger charge is 2.33. The Morgan fingerprint density at radius 1 is 0.342 bits per heavy atom. The SMILES string of the molecule is CC.CC.CC.CC.CCCC(=O)O.CCCC(=O)Oc1ccc(OC(=O)C2CCC(C(=O)Oc3ccc(OC(=O)CCC)cc3)CC2)cc1.O=C(Oc1ccc(O)cc1)C1CCC(C(=O)Oc2ccc(O)cc2)CC1. The van der Waals surface area contributed by atoms with Crippen LogP contribution in [-0.4, -0.2) is 57.1 Å². The minimum absolute atomic E-state index is 0.109. The predicted molar refractivity (Wildman–Crippen MR) is 292 cm³/mol. The highest BCUT2D eigenvalue weighted by atomic mass is 16.6. The number of carboxylic acids is 1. The zero-order chi connectivity index (χ0) is 57.4. The molecule has 0 aliphatic heterocycles. The zero-order valence-electron chi connectivity index (χ0n) is 46.6. The van der Waals surface area contributed by atoms with Crippen molar-refractivity contribution in [2.24, 2.45) is 23.7 Å². The Balaban J connectivity index is 0.00000123. The lowest BCUT2D eigenvalue weighted by Crippen LogP contribution is -2.30. The van der Waals surface area contributed by atoms with Crippen molar-refractivity contribution < 1.29 is 77.3 Å². The molecule has 0 heterocycles. The van der Waals surface area contributed by atoms with E-state index in [2.05, 4.69) is 0 Å². The van der Waals surface area contributed by atoms with Crippen LogP contribution in [0.3, 0.4) is 0 Å². The number of phenolic OH excluding ortho intramolecular Hbond substituents is 2. The molecule has 16 nitrogen and oxygen atoms in total. The average molecular weight is 1060 g/mol. The number of esters is 6. The van der Waals surface area contributed by atoms with E-state index in [0.29, 0.717) is 118 Å². The predicted octanol–water partition coefficient (Wildman–Crippen LogP) is 13.8. The monoisotopic (exact) mass is 1060 g/mol. The minimum atomic E-state index is -0.711. The van der Waals surface area contributed by atoms with Gasteiger partial charge in [-0.25, -0.2) is 0 Å². The number of carbonyl (C=O) groups is 7. The number of ether oxygens (including phenoxy) is 6. The van der Waals surface area contributed by atoms with Crippen LogP contribution in [0.1, 0.15) is 166 Å². The van der Waals surface area contributed by atoms with Crippen LogP contribution in [0.15, 0.2) is 97.1 Å². The van der Waals surface area contributed by atoms with Gasteiger partial charge in [-0.3, -0.25) is 33.6 Å². The fourth-order valence-corrected chi connectivity index (χ4v) is 7.09. The van der Waals surface area contributed by atoms with E-state index in [0.717, 1.165) is 6.42 Å². The molecule has 0 atom stereocenters. The molecule has 76 heavy (non-hydrogen) atoms. The fourth-order valence-electron chi connectivity index (χ4n) is 7.09. The van der Waals surface area contributed by atoms with Gasteiger partial charge in [-0.05, 0) is 168 Å². The lowest BCUT2D eigenvalue weighted by molar-refractivity contribution is -0.145. The highest BCUT2D eigenvalue weighted by molar-refractivity contribution is 5.79. The lowest BCUT2D eigenvalue weighted by atomic mass is 9.82. The smallest absolute Gasteiger partial charge is 0.314 e. The van der Waals surface area contributed by atoms with Crippen LogP contribution in [0.25, 0.3) is 0 Å². The molecule has 2 saturated carbocycles. The quantitative estimate of drug-likeness (QED) is 0.0699. The second kappa shape index (κ2) is 41.1. The summed E-state index contributed by atoms with van der Waals surface area (Å²) in [5.74, 6) is -1.18.